The molecule has 1 aromatic rings. The topological polar surface area (TPSA) is 102 Å². The Morgan fingerprint density at radius 3 is 2.60 bits per heavy atom. The highest BCUT2D eigenvalue weighted by Gasteiger charge is 2.50. The first-order chi connectivity index (χ1) is 11.8. The van der Waals surface area contributed by atoms with Crippen LogP contribution in [0, 0.1) is 17.2 Å². The second kappa shape index (κ2) is 5.88. The third kappa shape index (κ3) is 2.95. The Kier molecular flexibility index (Phi) is 3.99. The molecule has 0 radical (unpaired) electrons. The quantitative estimate of drug-likeness (QED) is 0.788. The maximum Gasteiger partial charge on any atom is 0.325 e. The van der Waals surface area contributed by atoms with Crippen molar-refractivity contribution in [2.75, 3.05) is 6.54 Å². The number of nitrogens with zero attached hydrogens (tertiary/aromatic N) is 2. The molecule has 1 aromatic carbocycles. The number of benzene rings is 1. The van der Waals surface area contributed by atoms with Gasteiger partial charge < -0.3 is 10.6 Å². The smallest absolute Gasteiger partial charge is 0.325 e. The van der Waals surface area contributed by atoms with Gasteiger partial charge in [-0.05, 0) is 38.2 Å². The minimum Gasteiger partial charge on any atom is -0.336 e. The molecular weight excluding hydrogens is 320 g/mol. The Balaban J connectivity index is 1.73. The highest BCUT2D eigenvalue weighted by Crippen LogP contribution is 2.39. The summed E-state index contributed by atoms with van der Waals surface area (Å²) in [4.78, 5) is 38.2. The zero-order valence-electron chi connectivity index (χ0n) is 14.2. The summed E-state index contributed by atoms with van der Waals surface area (Å²) < 4.78 is 0. The largest absolute Gasteiger partial charge is 0.336 e. The van der Waals surface area contributed by atoms with Gasteiger partial charge in [-0.1, -0.05) is 30.3 Å². The predicted octanol–water partition coefficient (Wildman–Crippen LogP) is 1.26. The van der Waals surface area contributed by atoms with Crippen LogP contribution in [0.25, 0.3) is 0 Å². The van der Waals surface area contributed by atoms with Crippen LogP contribution in [0.4, 0.5) is 4.79 Å². The van der Waals surface area contributed by atoms with Crippen molar-refractivity contribution in [1.29, 1.82) is 5.26 Å². The van der Waals surface area contributed by atoms with Crippen LogP contribution in [-0.4, -0.2) is 34.8 Å². The zero-order chi connectivity index (χ0) is 18.2. The van der Waals surface area contributed by atoms with E-state index in [-0.39, 0.29) is 5.92 Å². The number of hydrogen-bond acceptors (Lipinski definition) is 4. The van der Waals surface area contributed by atoms with Gasteiger partial charge in [0.05, 0.1) is 6.07 Å². The number of carbonyl (C=O) groups is 3. The van der Waals surface area contributed by atoms with E-state index in [1.54, 1.807) is 38.1 Å². The number of hydrogen-bond donors (Lipinski definition) is 2. The Morgan fingerprint density at radius 2 is 2.04 bits per heavy atom. The monoisotopic (exact) mass is 340 g/mol. The normalized spacial score (nSPS) is 25.1. The van der Waals surface area contributed by atoms with Gasteiger partial charge in [-0.3, -0.25) is 14.5 Å². The van der Waals surface area contributed by atoms with Gasteiger partial charge in [0.1, 0.15) is 17.6 Å². The van der Waals surface area contributed by atoms with Crippen molar-refractivity contribution in [3.63, 3.8) is 0 Å². The molecule has 2 fully saturated rings. The molecule has 1 saturated carbocycles. The Bertz CT molecular complexity index is 768. The van der Waals surface area contributed by atoms with Gasteiger partial charge in [0.25, 0.3) is 5.91 Å². The van der Waals surface area contributed by atoms with E-state index < -0.39 is 35.5 Å². The molecule has 0 aromatic heterocycles. The maximum absolute atomic E-state index is 12.8. The zero-order valence-corrected chi connectivity index (χ0v) is 14.2. The lowest BCUT2D eigenvalue weighted by Crippen LogP contribution is -2.51. The van der Waals surface area contributed by atoms with Gasteiger partial charge in [-0.2, -0.15) is 5.26 Å². The second-order valence-electron chi connectivity index (χ2n) is 6.95. The van der Waals surface area contributed by atoms with Crippen molar-refractivity contribution < 1.29 is 14.4 Å². The van der Waals surface area contributed by atoms with Crippen LogP contribution in [-0.2, 0) is 15.1 Å². The standard InChI is InChI=1S/C18H20N4O3/c1-17(11-19,12-8-9-12)20-14(23)10-22-15(24)18(2,21-16(22)25)13-6-4-3-5-7-13/h3-7,12H,8-10H2,1-2H3,(H,20,23)(H,21,25)/t17-,18+/m1/s1. The van der Waals surface area contributed by atoms with Crippen molar-refractivity contribution >= 4 is 17.8 Å². The van der Waals surface area contributed by atoms with E-state index in [0.717, 1.165) is 17.7 Å². The van der Waals surface area contributed by atoms with Crippen molar-refractivity contribution in [1.82, 2.24) is 15.5 Å². The molecule has 1 aliphatic heterocycles. The third-order valence-corrected chi connectivity index (χ3v) is 4.95. The second-order valence-corrected chi connectivity index (χ2v) is 6.95. The molecule has 3 rings (SSSR count). The van der Waals surface area contributed by atoms with Crippen molar-refractivity contribution in [2.24, 2.45) is 5.92 Å². The molecule has 1 aliphatic carbocycles. The minimum absolute atomic E-state index is 0.124. The number of carbonyl (C=O) groups excluding carboxylic acids is 3. The molecule has 1 saturated heterocycles. The first-order valence-electron chi connectivity index (χ1n) is 8.22. The lowest BCUT2D eigenvalue weighted by molar-refractivity contribution is -0.135. The van der Waals surface area contributed by atoms with Gasteiger partial charge in [-0.15, -0.1) is 0 Å². The molecule has 25 heavy (non-hydrogen) atoms. The molecule has 0 spiro atoms. The molecular formula is C18H20N4O3. The number of rotatable bonds is 5. The van der Waals surface area contributed by atoms with E-state index in [4.69, 9.17) is 0 Å². The highest BCUT2D eigenvalue weighted by molar-refractivity contribution is 6.09. The summed E-state index contributed by atoms with van der Waals surface area (Å²) in [7, 11) is 0. The first-order valence-corrected chi connectivity index (χ1v) is 8.22. The van der Waals surface area contributed by atoms with Crippen molar-refractivity contribution in [2.45, 2.75) is 37.8 Å². The van der Waals surface area contributed by atoms with E-state index in [1.807, 2.05) is 6.07 Å². The van der Waals surface area contributed by atoms with Crippen LogP contribution < -0.4 is 10.6 Å². The molecule has 0 bridgehead atoms. The molecule has 2 atom stereocenters. The Hall–Kier alpha value is -2.88. The average molecular weight is 340 g/mol. The van der Waals surface area contributed by atoms with Crippen LogP contribution in [0.3, 0.4) is 0 Å². The van der Waals surface area contributed by atoms with Crippen LogP contribution in [0.1, 0.15) is 32.3 Å². The minimum atomic E-state index is -1.20. The fourth-order valence-electron chi connectivity index (χ4n) is 3.16. The van der Waals surface area contributed by atoms with Gasteiger partial charge in [0.2, 0.25) is 5.91 Å². The molecule has 2 aliphatic rings. The molecule has 1 heterocycles. The van der Waals surface area contributed by atoms with Crippen LogP contribution >= 0.6 is 0 Å². The number of nitrogens with one attached hydrogen (secondary N) is 2. The molecule has 0 unspecified atom stereocenters. The van der Waals surface area contributed by atoms with E-state index in [2.05, 4.69) is 16.7 Å². The SMILES string of the molecule is C[C@](C#N)(NC(=O)CN1C(=O)N[C@@](C)(c2ccccc2)C1=O)C1CC1. The van der Waals surface area contributed by atoms with Crippen LogP contribution in [0.5, 0.6) is 0 Å². The summed E-state index contributed by atoms with van der Waals surface area (Å²) in [6.45, 7) is 2.88. The summed E-state index contributed by atoms with van der Waals surface area (Å²) in [5, 5.41) is 14.6. The lowest BCUT2D eigenvalue weighted by atomic mass is 9.92. The summed E-state index contributed by atoms with van der Waals surface area (Å²) in [5.41, 5.74) is -1.51. The molecule has 4 amide bonds. The van der Waals surface area contributed by atoms with Crippen molar-refractivity contribution in [3.05, 3.63) is 35.9 Å². The van der Waals surface area contributed by atoms with Crippen molar-refractivity contribution in [3.8, 4) is 6.07 Å². The number of imide groups is 1. The number of nitriles is 1. The van der Waals surface area contributed by atoms with Gasteiger partial charge in [0.15, 0.2) is 0 Å². The van der Waals surface area contributed by atoms with E-state index >= 15 is 0 Å². The van der Waals surface area contributed by atoms with Crippen LogP contribution in [0.2, 0.25) is 0 Å². The van der Waals surface area contributed by atoms with Crippen LogP contribution in [0.15, 0.2) is 30.3 Å². The Labute approximate surface area is 146 Å². The fourth-order valence-corrected chi connectivity index (χ4v) is 3.16. The lowest BCUT2D eigenvalue weighted by Gasteiger charge is -2.25. The summed E-state index contributed by atoms with van der Waals surface area (Å²) in [5.74, 6) is -0.875. The third-order valence-electron chi connectivity index (χ3n) is 4.95. The fraction of sp³-hybridized carbons (Fsp3) is 0.444. The average Bonchev–Trinajstić information content (AvgIpc) is 3.42. The molecule has 130 valence electrons. The maximum atomic E-state index is 12.8. The number of urea groups is 1. The summed E-state index contributed by atoms with van der Waals surface area (Å²) in [6, 6.07) is 10.4. The van der Waals surface area contributed by atoms with E-state index in [0.29, 0.717) is 5.56 Å². The van der Waals surface area contributed by atoms with Gasteiger partial charge in [0, 0.05) is 0 Å². The highest BCUT2D eigenvalue weighted by atomic mass is 16.2. The van der Waals surface area contributed by atoms with E-state index in [1.165, 1.54) is 0 Å². The molecule has 7 nitrogen and oxygen atoms in total. The molecule has 7 heteroatoms. The number of amides is 4. The first kappa shape index (κ1) is 17.0. The molecule has 2 N–H and O–H groups in total. The predicted molar refractivity (Wildman–Crippen MR) is 88.9 cm³/mol. The Morgan fingerprint density at radius 1 is 1.40 bits per heavy atom. The summed E-state index contributed by atoms with van der Waals surface area (Å²) in [6.07, 6.45) is 1.78. The van der Waals surface area contributed by atoms with Gasteiger partial charge >= 0.3 is 6.03 Å². The summed E-state index contributed by atoms with van der Waals surface area (Å²) >= 11 is 0. The van der Waals surface area contributed by atoms with Gasteiger partial charge in [-0.25, -0.2) is 4.79 Å². The van der Waals surface area contributed by atoms with E-state index in [9.17, 15) is 19.6 Å².